The number of aromatic nitrogens is 3. The van der Waals surface area contributed by atoms with Crippen molar-refractivity contribution in [2.75, 3.05) is 11.9 Å². The molecule has 96 valence electrons. The van der Waals surface area contributed by atoms with Gasteiger partial charge >= 0.3 is 0 Å². The Bertz CT molecular complexity index is 556. The van der Waals surface area contributed by atoms with Crippen molar-refractivity contribution < 1.29 is 4.74 Å². The van der Waals surface area contributed by atoms with Crippen molar-refractivity contribution in [3.05, 3.63) is 23.4 Å². The third-order valence-corrected chi connectivity index (χ3v) is 3.34. The molecule has 1 aliphatic heterocycles. The van der Waals surface area contributed by atoms with Crippen LogP contribution < -0.4 is 5.32 Å². The van der Waals surface area contributed by atoms with E-state index in [4.69, 9.17) is 16.3 Å². The van der Waals surface area contributed by atoms with Crippen LogP contribution in [-0.4, -0.2) is 33.4 Å². The van der Waals surface area contributed by atoms with E-state index in [0.29, 0.717) is 23.1 Å². The Morgan fingerprint density at radius 3 is 3.22 bits per heavy atom. The largest absolute Gasteiger partial charge is 0.378 e. The highest BCUT2D eigenvalue weighted by atomic mass is 35.5. The van der Waals surface area contributed by atoms with Crippen LogP contribution in [0.2, 0.25) is 5.02 Å². The zero-order valence-electron chi connectivity index (χ0n) is 10.1. The smallest absolute Gasteiger partial charge is 0.243 e. The van der Waals surface area contributed by atoms with E-state index in [9.17, 15) is 0 Å². The molecule has 0 radical (unpaired) electrons. The summed E-state index contributed by atoms with van der Waals surface area (Å²) in [4.78, 5) is 4.41. The lowest BCUT2D eigenvalue weighted by atomic mass is 10.0. The van der Waals surface area contributed by atoms with Gasteiger partial charge in [-0.25, -0.2) is 4.52 Å². The van der Waals surface area contributed by atoms with E-state index < -0.39 is 0 Å². The van der Waals surface area contributed by atoms with Gasteiger partial charge in [0, 0.05) is 18.8 Å². The number of hydrogen-bond acceptors (Lipinski definition) is 4. The van der Waals surface area contributed by atoms with Crippen LogP contribution >= 0.6 is 11.6 Å². The molecule has 6 heteroatoms. The molecule has 1 aliphatic rings. The number of nitrogens with zero attached hydrogens (tertiary/aromatic N) is 3. The maximum atomic E-state index is 5.91. The van der Waals surface area contributed by atoms with Crippen molar-refractivity contribution in [2.24, 2.45) is 0 Å². The lowest BCUT2D eigenvalue weighted by Crippen LogP contribution is -2.32. The fourth-order valence-electron chi connectivity index (χ4n) is 2.23. The second-order valence-corrected chi connectivity index (χ2v) is 5.07. The zero-order chi connectivity index (χ0) is 12.5. The average molecular weight is 267 g/mol. The van der Waals surface area contributed by atoms with Gasteiger partial charge in [-0.1, -0.05) is 11.6 Å². The van der Waals surface area contributed by atoms with Crippen molar-refractivity contribution in [1.82, 2.24) is 14.6 Å². The Hall–Kier alpha value is -1.33. The molecular weight excluding hydrogens is 252 g/mol. The highest BCUT2D eigenvalue weighted by molar-refractivity contribution is 6.30. The minimum absolute atomic E-state index is 0.294. The Morgan fingerprint density at radius 2 is 2.39 bits per heavy atom. The first-order valence-electron chi connectivity index (χ1n) is 6.11. The zero-order valence-corrected chi connectivity index (χ0v) is 10.9. The van der Waals surface area contributed by atoms with E-state index in [1.807, 2.05) is 12.1 Å². The topological polar surface area (TPSA) is 51.5 Å². The Morgan fingerprint density at radius 1 is 1.50 bits per heavy atom. The standard InChI is InChI=1S/C12H15ClN4O/c1-8-6-10(4-5-18-8)14-12-15-11-3-2-9(13)7-17(11)16-12/h2-3,7-8,10H,4-6H2,1H3,(H,14,16)/t8-,10-/m0/s1. The molecule has 0 saturated carbocycles. The number of pyridine rings is 1. The van der Waals surface area contributed by atoms with Crippen LogP contribution in [0.1, 0.15) is 19.8 Å². The molecule has 0 bridgehead atoms. The van der Waals surface area contributed by atoms with Crippen LogP contribution in [0.5, 0.6) is 0 Å². The van der Waals surface area contributed by atoms with Crippen LogP contribution in [0.4, 0.5) is 5.95 Å². The van der Waals surface area contributed by atoms with E-state index in [2.05, 4.69) is 22.3 Å². The molecular formula is C12H15ClN4O. The predicted molar refractivity (Wildman–Crippen MR) is 70.1 cm³/mol. The summed E-state index contributed by atoms with van der Waals surface area (Å²) in [5, 5.41) is 8.37. The summed E-state index contributed by atoms with van der Waals surface area (Å²) >= 11 is 5.91. The van der Waals surface area contributed by atoms with E-state index in [0.717, 1.165) is 25.1 Å². The summed E-state index contributed by atoms with van der Waals surface area (Å²) in [6, 6.07) is 4.04. The lowest BCUT2D eigenvalue weighted by molar-refractivity contribution is 0.0231. The molecule has 1 fully saturated rings. The number of ether oxygens (including phenoxy) is 1. The number of rotatable bonds is 2. The molecule has 0 unspecified atom stereocenters. The number of fused-ring (bicyclic) bond motifs is 1. The molecule has 2 aromatic heterocycles. The minimum atomic E-state index is 0.294. The highest BCUT2D eigenvalue weighted by Gasteiger charge is 2.20. The van der Waals surface area contributed by atoms with Crippen molar-refractivity contribution in [1.29, 1.82) is 0 Å². The SMILES string of the molecule is C[C@H]1C[C@@H](Nc2nc3ccc(Cl)cn3n2)CCO1. The van der Waals surface area contributed by atoms with Gasteiger partial charge in [-0.15, -0.1) is 5.10 Å². The fourth-order valence-corrected chi connectivity index (χ4v) is 2.39. The lowest BCUT2D eigenvalue weighted by Gasteiger charge is -2.27. The quantitative estimate of drug-likeness (QED) is 0.907. The van der Waals surface area contributed by atoms with Crippen LogP contribution in [-0.2, 0) is 4.74 Å². The van der Waals surface area contributed by atoms with Gasteiger partial charge in [0.25, 0.3) is 0 Å². The molecule has 2 aromatic rings. The fraction of sp³-hybridized carbons (Fsp3) is 0.500. The van der Waals surface area contributed by atoms with E-state index in [-0.39, 0.29) is 0 Å². The first-order chi connectivity index (χ1) is 8.70. The number of anilines is 1. The number of hydrogen-bond donors (Lipinski definition) is 1. The number of nitrogens with one attached hydrogen (secondary N) is 1. The van der Waals surface area contributed by atoms with E-state index >= 15 is 0 Å². The number of halogens is 1. The Balaban J connectivity index is 1.78. The highest BCUT2D eigenvalue weighted by Crippen LogP contribution is 2.18. The molecule has 1 saturated heterocycles. The van der Waals surface area contributed by atoms with Gasteiger partial charge in [0.05, 0.1) is 11.1 Å². The van der Waals surface area contributed by atoms with Crippen LogP contribution in [0.3, 0.4) is 0 Å². The summed E-state index contributed by atoms with van der Waals surface area (Å²) < 4.78 is 7.20. The molecule has 18 heavy (non-hydrogen) atoms. The summed E-state index contributed by atoms with van der Waals surface area (Å²) in [7, 11) is 0. The van der Waals surface area contributed by atoms with Crippen molar-refractivity contribution in [3.63, 3.8) is 0 Å². The first kappa shape index (κ1) is 11.7. The van der Waals surface area contributed by atoms with E-state index in [1.165, 1.54) is 0 Å². The first-order valence-corrected chi connectivity index (χ1v) is 6.48. The molecule has 1 N–H and O–H groups in total. The van der Waals surface area contributed by atoms with Gasteiger partial charge in [0.15, 0.2) is 5.65 Å². The van der Waals surface area contributed by atoms with Gasteiger partial charge in [-0.05, 0) is 31.9 Å². The second kappa shape index (κ2) is 4.74. The van der Waals surface area contributed by atoms with Gasteiger partial charge in [0.2, 0.25) is 5.95 Å². The summed E-state index contributed by atoms with van der Waals surface area (Å²) in [5.74, 6) is 0.649. The van der Waals surface area contributed by atoms with Gasteiger partial charge in [-0.2, -0.15) is 4.98 Å². The Labute approximate surface area is 110 Å². The van der Waals surface area contributed by atoms with Crippen molar-refractivity contribution in [2.45, 2.75) is 31.9 Å². The molecule has 0 amide bonds. The van der Waals surface area contributed by atoms with Gasteiger partial charge in [0.1, 0.15) is 0 Å². The monoisotopic (exact) mass is 266 g/mol. The maximum absolute atomic E-state index is 5.91. The second-order valence-electron chi connectivity index (χ2n) is 4.63. The molecule has 3 rings (SSSR count). The van der Waals surface area contributed by atoms with Crippen LogP contribution in [0.15, 0.2) is 18.3 Å². The van der Waals surface area contributed by atoms with Crippen LogP contribution in [0.25, 0.3) is 5.65 Å². The van der Waals surface area contributed by atoms with Crippen molar-refractivity contribution >= 4 is 23.2 Å². The molecule has 2 atom stereocenters. The van der Waals surface area contributed by atoms with E-state index in [1.54, 1.807) is 10.7 Å². The summed E-state index contributed by atoms with van der Waals surface area (Å²) in [5.41, 5.74) is 0.794. The third kappa shape index (κ3) is 2.42. The Kier molecular flexibility index (Phi) is 3.09. The third-order valence-electron chi connectivity index (χ3n) is 3.11. The van der Waals surface area contributed by atoms with Gasteiger partial charge < -0.3 is 10.1 Å². The summed E-state index contributed by atoms with van der Waals surface area (Å²) in [6.07, 6.45) is 4.02. The summed E-state index contributed by atoms with van der Waals surface area (Å²) in [6.45, 7) is 2.88. The normalized spacial score (nSPS) is 24.3. The van der Waals surface area contributed by atoms with Crippen LogP contribution in [0, 0.1) is 0 Å². The molecule has 5 nitrogen and oxygen atoms in total. The van der Waals surface area contributed by atoms with Crippen molar-refractivity contribution in [3.8, 4) is 0 Å². The maximum Gasteiger partial charge on any atom is 0.243 e. The predicted octanol–water partition coefficient (Wildman–Crippen LogP) is 2.36. The molecule has 0 aliphatic carbocycles. The molecule has 0 aromatic carbocycles. The average Bonchev–Trinajstić information content (AvgIpc) is 2.70. The van der Waals surface area contributed by atoms with Gasteiger partial charge in [-0.3, -0.25) is 0 Å². The minimum Gasteiger partial charge on any atom is -0.378 e. The molecule has 3 heterocycles. The molecule has 0 spiro atoms.